The maximum atomic E-state index is 4.77. The highest BCUT2D eigenvalue weighted by atomic mass is 32.1. The van der Waals surface area contributed by atoms with Gasteiger partial charge in [0.1, 0.15) is 11.6 Å². The molecule has 0 aliphatic heterocycles. The summed E-state index contributed by atoms with van der Waals surface area (Å²) >= 11 is 4.34. The Kier molecular flexibility index (Phi) is 5.25. The van der Waals surface area contributed by atoms with Gasteiger partial charge in [-0.05, 0) is 61.5 Å². The summed E-state index contributed by atoms with van der Waals surface area (Å²) in [6.45, 7) is 6.58. The molecule has 7 heteroatoms. The number of para-hydroxylation sites is 1. The first kappa shape index (κ1) is 20.1. The quantitative estimate of drug-likeness (QED) is 0.216. The van der Waals surface area contributed by atoms with Crippen LogP contribution >= 0.6 is 12.6 Å². The maximum absolute atomic E-state index is 4.77. The number of rotatable bonds is 6. The first-order valence-corrected chi connectivity index (χ1v) is 10.7. The molecule has 0 unspecified atom stereocenters. The molecule has 0 atom stereocenters. The van der Waals surface area contributed by atoms with Crippen LogP contribution in [0, 0.1) is 6.92 Å². The van der Waals surface area contributed by atoms with Crippen molar-refractivity contribution in [3.05, 3.63) is 85.2 Å². The molecule has 0 radical (unpaired) electrons. The molecule has 0 fully saturated rings. The van der Waals surface area contributed by atoms with E-state index in [-0.39, 0.29) is 0 Å². The molecule has 5 aromatic rings. The highest BCUT2D eigenvalue weighted by molar-refractivity contribution is 7.80. The van der Waals surface area contributed by atoms with Crippen molar-refractivity contribution in [2.75, 3.05) is 10.6 Å². The molecule has 2 aromatic heterocycles. The zero-order valence-corrected chi connectivity index (χ0v) is 18.5. The van der Waals surface area contributed by atoms with E-state index < -0.39 is 0 Å². The zero-order valence-electron chi connectivity index (χ0n) is 17.6. The number of benzene rings is 3. The van der Waals surface area contributed by atoms with Crippen molar-refractivity contribution in [1.82, 2.24) is 19.5 Å². The van der Waals surface area contributed by atoms with Gasteiger partial charge in [-0.1, -0.05) is 18.2 Å². The Bertz CT molecular complexity index is 1440. The van der Waals surface area contributed by atoms with E-state index in [1.807, 2.05) is 73.7 Å². The lowest BCUT2D eigenvalue weighted by molar-refractivity contribution is 0.808. The largest absolute Gasteiger partial charge is 0.339 e. The van der Waals surface area contributed by atoms with Gasteiger partial charge in [0.05, 0.1) is 16.6 Å². The molecule has 0 bridgehead atoms. The topological polar surface area (TPSA) is 67.7 Å². The summed E-state index contributed by atoms with van der Waals surface area (Å²) in [6.07, 6.45) is 1.88. The summed E-state index contributed by atoms with van der Waals surface area (Å²) in [7, 11) is 0. The van der Waals surface area contributed by atoms with Crippen LogP contribution in [-0.4, -0.2) is 19.5 Å². The molecule has 32 heavy (non-hydrogen) atoms. The molecular weight excluding hydrogens is 416 g/mol. The van der Waals surface area contributed by atoms with Gasteiger partial charge in [-0.3, -0.25) is 0 Å². The van der Waals surface area contributed by atoms with Gasteiger partial charge in [0, 0.05) is 28.2 Å². The molecule has 0 saturated heterocycles. The fraction of sp³-hybridized carbons (Fsp3) is 0.0800. The maximum Gasteiger partial charge on any atom is 0.229 e. The fourth-order valence-electron chi connectivity index (χ4n) is 3.72. The van der Waals surface area contributed by atoms with Crippen molar-refractivity contribution in [3.63, 3.8) is 0 Å². The monoisotopic (exact) mass is 438 g/mol. The Balaban J connectivity index is 1.55. The SMILES string of the molecule is C=CCn1c(C)nc2ccc(Nc3nc(Nc4ccc(S)cc4)nc4ccccc34)cc21. The number of imidazole rings is 1. The fourth-order valence-corrected chi connectivity index (χ4v) is 3.87. The molecule has 0 aliphatic carbocycles. The Hall–Kier alpha value is -3.84. The van der Waals surface area contributed by atoms with Crippen LogP contribution in [0.5, 0.6) is 0 Å². The molecule has 0 spiro atoms. The zero-order chi connectivity index (χ0) is 22.1. The van der Waals surface area contributed by atoms with Gasteiger partial charge >= 0.3 is 0 Å². The van der Waals surface area contributed by atoms with E-state index in [1.165, 1.54) is 0 Å². The van der Waals surface area contributed by atoms with Crippen molar-refractivity contribution in [1.29, 1.82) is 0 Å². The lowest BCUT2D eigenvalue weighted by Gasteiger charge is -2.12. The average Bonchev–Trinajstić information content (AvgIpc) is 3.10. The van der Waals surface area contributed by atoms with E-state index >= 15 is 0 Å². The normalized spacial score (nSPS) is 11.1. The number of aromatic nitrogens is 4. The molecule has 158 valence electrons. The van der Waals surface area contributed by atoms with Crippen molar-refractivity contribution in [3.8, 4) is 0 Å². The first-order valence-electron chi connectivity index (χ1n) is 10.3. The third-order valence-electron chi connectivity index (χ3n) is 5.24. The first-order chi connectivity index (χ1) is 15.6. The van der Waals surface area contributed by atoms with Gasteiger partial charge in [-0.2, -0.15) is 4.98 Å². The number of allylic oxidation sites excluding steroid dienone is 1. The highest BCUT2D eigenvalue weighted by Crippen LogP contribution is 2.28. The van der Waals surface area contributed by atoms with Crippen LogP contribution in [0.4, 0.5) is 23.1 Å². The van der Waals surface area contributed by atoms with Crippen LogP contribution in [-0.2, 0) is 6.54 Å². The summed E-state index contributed by atoms with van der Waals surface area (Å²) in [6, 6.07) is 21.8. The molecule has 3 aromatic carbocycles. The van der Waals surface area contributed by atoms with E-state index in [2.05, 4.69) is 50.4 Å². The van der Waals surface area contributed by atoms with Crippen LogP contribution in [0.1, 0.15) is 5.82 Å². The van der Waals surface area contributed by atoms with Crippen molar-refractivity contribution < 1.29 is 0 Å². The van der Waals surface area contributed by atoms with Crippen molar-refractivity contribution in [2.45, 2.75) is 18.4 Å². The van der Waals surface area contributed by atoms with Crippen LogP contribution in [0.25, 0.3) is 21.9 Å². The van der Waals surface area contributed by atoms with E-state index in [1.54, 1.807) is 0 Å². The van der Waals surface area contributed by atoms with Gasteiger partial charge in [0.25, 0.3) is 0 Å². The minimum Gasteiger partial charge on any atom is -0.339 e. The lowest BCUT2D eigenvalue weighted by Crippen LogP contribution is -2.02. The summed E-state index contributed by atoms with van der Waals surface area (Å²) in [5, 5.41) is 7.71. The predicted octanol–water partition coefficient (Wildman–Crippen LogP) is 6.25. The van der Waals surface area contributed by atoms with Gasteiger partial charge in [0.2, 0.25) is 5.95 Å². The van der Waals surface area contributed by atoms with Crippen LogP contribution in [0.15, 0.2) is 84.3 Å². The van der Waals surface area contributed by atoms with Crippen molar-refractivity contribution >= 4 is 57.7 Å². The van der Waals surface area contributed by atoms with Gasteiger partial charge < -0.3 is 15.2 Å². The molecule has 0 amide bonds. The van der Waals surface area contributed by atoms with E-state index in [0.717, 1.165) is 49.8 Å². The third-order valence-corrected chi connectivity index (χ3v) is 5.54. The smallest absolute Gasteiger partial charge is 0.229 e. The average molecular weight is 439 g/mol. The number of hydrogen-bond donors (Lipinski definition) is 3. The molecule has 0 saturated carbocycles. The number of nitrogens with zero attached hydrogens (tertiary/aromatic N) is 4. The summed E-state index contributed by atoms with van der Waals surface area (Å²) in [5.41, 5.74) is 4.69. The molecule has 2 N–H and O–H groups in total. The Morgan fingerprint density at radius 3 is 2.50 bits per heavy atom. The Morgan fingerprint density at radius 1 is 0.906 bits per heavy atom. The van der Waals surface area contributed by atoms with Gasteiger partial charge in [-0.15, -0.1) is 19.2 Å². The molecule has 5 rings (SSSR count). The molecule has 6 nitrogen and oxygen atoms in total. The molecule has 0 aliphatic rings. The number of anilines is 4. The van der Waals surface area contributed by atoms with E-state index in [0.29, 0.717) is 12.5 Å². The summed E-state index contributed by atoms with van der Waals surface area (Å²) in [5.74, 6) is 2.21. The highest BCUT2D eigenvalue weighted by Gasteiger charge is 2.11. The van der Waals surface area contributed by atoms with Crippen LogP contribution < -0.4 is 10.6 Å². The second-order valence-electron chi connectivity index (χ2n) is 7.47. The van der Waals surface area contributed by atoms with Gasteiger partial charge in [0.15, 0.2) is 0 Å². The third kappa shape index (κ3) is 3.90. The minimum absolute atomic E-state index is 0.520. The number of thiol groups is 1. The van der Waals surface area contributed by atoms with Gasteiger partial charge in [-0.25, -0.2) is 9.97 Å². The predicted molar refractivity (Wildman–Crippen MR) is 134 cm³/mol. The summed E-state index contributed by atoms with van der Waals surface area (Å²) in [4.78, 5) is 15.0. The van der Waals surface area contributed by atoms with Crippen LogP contribution in [0.2, 0.25) is 0 Å². The molecular formula is C25H22N6S. The minimum atomic E-state index is 0.520. The van der Waals surface area contributed by atoms with E-state index in [4.69, 9.17) is 4.98 Å². The Labute approximate surface area is 191 Å². The number of fused-ring (bicyclic) bond motifs is 2. The second-order valence-corrected chi connectivity index (χ2v) is 7.99. The number of nitrogens with one attached hydrogen (secondary N) is 2. The van der Waals surface area contributed by atoms with E-state index in [9.17, 15) is 0 Å². The summed E-state index contributed by atoms with van der Waals surface area (Å²) < 4.78 is 2.14. The second kappa shape index (κ2) is 8.36. The number of hydrogen-bond acceptors (Lipinski definition) is 6. The Morgan fingerprint density at radius 2 is 1.69 bits per heavy atom. The lowest BCUT2D eigenvalue weighted by atomic mass is 10.2. The molecule has 2 heterocycles. The van der Waals surface area contributed by atoms with Crippen LogP contribution in [0.3, 0.4) is 0 Å². The standard InChI is InChI=1S/C25H22N6S/c1-3-14-31-16(2)26-22-13-10-18(15-23(22)31)27-24-20-6-4-5-7-21(20)29-25(30-24)28-17-8-11-19(32)12-9-17/h3-13,15,32H,1,14H2,2H3,(H2,27,28,29,30). The van der Waals surface area contributed by atoms with Crippen molar-refractivity contribution in [2.24, 2.45) is 0 Å². The number of aryl methyl sites for hydroxylation is 1.